The van der Waals surface area contributed by atoms with Crippen LogP contribution < -0.4 is 9.47 Å². The van der Waals surface area contributed by atoms with Crippen LogP contribution in [0.2, 0.25) is 0 Å². The van der Waals surface area contributed by atoms with E-state index in [0.29, 0.717) is 34.6 Å². The van der Waals surface area contributed by atoms with Gasteiger partial charge in [0.05, 0.1) is 14.2 Å². The number of methoxy groups -OCH3 is 2. The Morgan fingerprint density at radius 3 is 2.64 bits per heavy atom. The van der Waals surface area contributed by atoms with Crippen molar-refractivity contribution in [3.05, 3.63) is 52.4 Å². The Kier molecular flexibility index (Phi) is 5.21. The Morgan fingerprint density at radius 2 is 1.93 bits per heavy atom. The van der Waals surface area contributed by atoms with Crippen LogP contribution in [0.5, 0.6) is 11.5 Å². The molecular weight excluding hydrogens is 424 g/mol. The van der Waals surface area contributed by atoms with Crippen molar-refractivity contribution >= 4 is 27.5 Å². The van der Waals surface area contributed by atoms with E-state index in [2.05, 4.69) is 26.1 Å². The monoisotopic (exact) mass is 444 g/mol. The van der Waals surface area contributed by atoms with E-state index in [1.54, 1.807) is 26.4 Å². The van der Waals surface area contributed by atoms with Crippen LogP contribution >= 0.6 is 15.9 Å². The average molecular weight is 445 g/mol. The van der Waals surface area contributed by atoms with Crippen molar-refractivity contribution in [1.29, 1.82) is 0 Å². The maximum absolute atomic E-state index is 13.2. The van der Waals surface area contributed by atoms with Gasteiger partial charge in [-0.25, -0.2) is 0 Å². The van der Waals surface area contributed by atoms with Crippen molar-refractivity contribution < 1.29 is 14.3 Å². The third kappa shape index (κ3) is 3.32. The lowest BCUT2D eigenvalue weighted by Gasteiger charge is -2.32. The quantitative estimate of drug-likeness (QED) is 0.615. The summed E-state index contributed by atoms with van der Waals surface area (Å²) in [4.78, 5) is 15.1. The predicted molar refractivity (Wildman–Crippen MR) is 108 cm³/mol. The summed E-state index contributed by atoms with van der Waals surface area (Å²) in [5.74, 6) is 2.15. The first-order valence-corrected chi connectivity index (χ1v) is 9.92. The first-order chi connectivity index (χ1) is 13.6. The third-order valence-electron chi connectivity index (χ3n) is 5.11. The van der Waals surface area contributed by atoms with E-state index in [-0.39, 0.29) is 11.8 Å². The van der Waals surface area contributed by atoms with Crippen molar-refractivity contribution in [3.63, 3.8) is 0 Å². The highest BCUT2D eigenvalue weighted by molar-refractivity contribution is 9.10. The minimum atomic E-state index is -0.0392. The van der Waals surface area contributed by atoms with Crippen LogP contribution in [0.3, 0.4) is 0 Å². The second-order valence-corrected chi connectivity index (χ2v) is 7.57. The molecule has 0 spiro atoms. The number of piperidine rings is 1. The van der Waals surface area contributed by atoms with Gasteiger partial charge in [0.25, 0.3) is 5.91 Å². The summed E-state index contributed by atoms with van der Waals surface area (Å²) >= 11 is 3.45. The van der Waals surface area contributed by atoms with Crippen molar-refractivity contribution in [2.45, 2.75) is 18.8 Å². The number of carbonyl (C=O) groups excluding carboxylic acids is 1. The SMILES string of the molecule is COc1cc(C(=O)N2CCC[C@@H](c3nnc4ccccn34)C2)cc(OC)c1Br. The molecule has 1 aliphatic rings. The van der Waals surface area contributed by atoms with Crippen LogP contribution in [-0.4, -0.2) is 52.7 Å². The van der Waals surface area contributed by atoms with E-state index in [1.807, 2.05) is 33.7 Å². The molecule has 7 nitrogen and oxygen atoms in total. The summed E-state index contributed by atoms with van der Waals surface area (Å²) in [5, 5.41) is 8.63. The molecule has 1 saturated heterocycles. The highest BCUT2D eigenvalue weighted by atomic mass is 79.9. The van der Waals surface area contributed by atoms with Gasteiger partial charge in [-0.1, -0.05) is 6.07 Å². The van der Waals surface area contributed by atoms with Gasteiger partial charge in [-0.05, 0) is 53.0 Å². The fourth-order valence-corrected chi connectivity index (χ4v) is 4.24. The number of halogens is 1. The van der Waals surface area contributed by atoms with E-state index < -0.39 is 0 Å². The van der Waals surface area contributed by atoms with Crippen molar-refractivity contribution in [2.24, 2.45) is 0 Å². The summed E-state index contributed by atoms with van der Waals surface area (Å²) < 4.78 is 13.4. The van der Waals surface area contributed by atoms with Crippen molar-refractivity contribution in [2.75, 3.05) is 27.3 Å². The second kappa shape index (κ2) is 7.79. The number of pyridine rings is 1. The normalized spacial score (nSPS) is 17.0. The molecule has 1 aromatic carbocycles. The number of aromatic nitrogens is 3. The number of benzene rings is 1. The lowest BCUT2D eigenvalue weighted by Crippen LogP contribution is -2.39. The first kappa shape index (κ1) is 18.7. The number of amides is 1. The van der Waals surface area contributed by atoms with Crippen LogP contribution in [0, 0.1) is 0 Å². The minimum Gasteiger partial charge on any atom is -0.495 e. The number of likely N-dealkylation sites (tertiary alicyclic amines) is 1. The predicted octanol–water partition coefficient (Wildman–Crippen LogP) is 3.53. The lowest BCUT2D eigenvalue weighted by molar-refractivity contribution is 0.0703. The number of hydrogen-bond donors (Lipinski definition) is 0. The van der Waals surface area contributed by atoms with E-state index in [9.17, 15) is 4.79 Å². The summed E-state index contributed by atoms with van der Waals surface area (Å²) in [6.07, 6.45) is 3.87. The molecular formula is C20H21BrN4O3. The molecule has 1 amide bonds. The van der Waals surface area contributed by atoms with Gasteiger partial charge in [0.1, 0.15) is 21.8 Å². The molecule has 0 unspecified atom stereocenters. The number of rotatable bonds is 4. The van der Waals surface area contributed by atoms with Gasteiger partial charge >= 0.3 is 0 Å². The smallest absolute Gasteiger partial charge is 0.254 e. The highest BCUT2D eigenvalue weighted by Crippen LogP contribution is 2.36. The van der Waals surface area contributed by atoms with Crippen LogP contribution in [0.1, 0.15) is 34.9 Å². The van der Waals surface area contributed by atoms with Gasteiger partial charge in [0.15, 0.2) is 5.65 Å². The van der Waals surface area contributed by atoms with E-state index in [1.165, 1.54) is 0 Å². The molecule has 1 atom stereocenters. The molecule has 3 aromatic rings. The Labute approximate surface area is 171 Å². The molecule has 0 aliphatic carbocycles. The van der Waals surface area contributed by atoms with Gasteiger partial charge in [-0.2, -0.15) is 0 Å². The number of hydrogen-bond acceptors (Lipinski definition) is 5. The minimum absolute atomic E-state index is 0.0392. The molecule has 146 valence electrons. The van der Waals surface area contributed by atoms with Crippen LogP contribution in [0.4, 0.5) is 0 Å². The van der Waals surface area contributed by atoms with Crippen LogP contribution in [-0.2, 0) is 0 Å². The fraction of sp³-hybridized carbons (Fsp3) is 0.350. The topological polar surface area (TPSA) is 69.0 Å². The number of fused-ring (bicyclic) bond motifs is 1. The molecule has 2 aromatic heterocycles. The summed E-state index contributed by atoms with van der Waals surface area (Å²) in [6, 6.07) is 9.32. The number of carbonyl (C=O) groups is 1. The molecule has 0 radical (unpaired) electrons. The lowest BCUT2D eigenvalue weighted by atomic mass is 9.96. The van der Waals surface area contributed by atoms with E-state index in [0.717, 1.165) is 24.3 Å². The Bertz CT molecular complexity index is 995. The zero-order valence-electron chi connectivity index (χ0n) is 15.8. The van der Waals surface area contributed by atoms with Gasteiger partial charge in [-0.15, -0.1) is 10.2 Å². The van der Waals surface area contributed by atoms with Gasteiger partial charge in [0, 0.05) is 30.8 Å². The maximum Gasteiger partial charge on any atom is 0.254 e. The molecule has 3 heterocycles. The van der Waals surface area contributed by atoms with E-state index in [4.69, 9.17) is 9.47 Å². The largest absolute Gasteiger partial charge is 0.495 e. The zero-order valence-corrected chi connectivity index (χ0v) is 17.3. The summed E-state index contributed by atoms with van der Waals surface area (Å²) in [6.45, 7) is 1.32. The standard InChI is InChI=1S/C20H21BrN4O3/c1-27-15-10-14(11-16(28-2)18(15)21)20(26)24-8-5-6-13(12-24)19-23-22-17-7-3-4-9-25(17)19/h3-4,7,9-11,13H,5-6,8,12H2,1-2H3/t13-/m1/s1. The molecule has 0 N–H and O–H groups in total. The highest BCUT2D eigenvalue weighted by Gasteiger charge is 2.29. The first-order valence-electron chi connectivity index (χ1n) is 9.13. The van der Waals surface area contributed by atoms with Crippen LogP contribution in [0.15, 0.2) is 41.0 Å². The number of ether oxygens (including phenoxy) is 2. The molecule has 1 fully saturated rings. The van der Waals surface area contributed by atoms with Gasteiger partial charge in [0.2, 0.25) is 0 Å². The van der Waals surface area contributed by atoms with E-state index >= 15 is 0 Å². The Balaban J connectivity index is 1.60. The molecule has 8 heteroatoms. The fourth-order valence-electron chi connectivity index (χ4n) is 3.69. The third-order valence-corrected chi connectivity index (χ3v) is 5.89. The van der Waals surface area contributed by atoms with Crippen molar-refractivity contribution in [3.8, 4) is 11.5 Å². The summed E-state index contributed by atoms with van der Waals surface area (Å²) in [5.41, 5.74) is 1.37. The average Bonchev–Trinajstić information content (AvgIpc) is 3.17. The zero-order chi connectivity index (χ0) is 19.7. The molecule has 28 heavy (non-hydrogen) atoms. The summed E-state index contributed by atoms with van der Waals surface area (Å²) in [7, 11) is 3.14. The van der Waals surface area contributed by atoms with Crippen molar-refractivity contribution in [1.82, 2.24) is 19.5 Å². The maximum atomic E-state index is 13.2. The van der Waals surface area contributed by atoms with Gasteiger partial charge < -0.3 is 14.4 Å². The molecule has 1 aliphatic heterocycles. The van der Waals surface area contributed by atoms with Crippen LogP contribution in [0.25, 0.3) is 5.65 Å². The Hall–Kier alpha value is -2.61. The van der Waals surface area contributed by atoms with Gasteiger partial charge in [-0.3, -0.25) is 9.20 Å². The second-order valence-electron chi connectivity index (χ2n) is 6.77. The Morgan fingerprint density at radius 1 is 1.18 bits per heavy atom. The molecule has 0 saturated carbocycles. The molecule has 4 rings (SSSR count). The molecule has 0 bridgehead atoms. The number of nitrogens with zero attached hydrogens (tertiary/aromatic N) is 4.